The molecule has 2 fully saturated rings. The second-order valence-electron chi connectivity index (χ2n) is 6.50. The third-order valence-corrected chi connectivity index (χ3v) is 4.95. The average Bonchev–Trinajstić information content (AvgIpc) is 3.21. The number of rotatable bonds is 4. The molecule has 1 aromatic carbocycles. The van der Waals surface area contributed by atoms with Gasteiger partial charge >= 0.3 is 0 Å². The maximum Gasteiger partial charge on any atom is 0.223 e. The predicted octanol–water partition coefficient (Wildman–Crippen LogP) is 3.08. The zero-order valence-electron chi connectivity index (χ0n) is 12.5. The number of amides is 1. The van der Waals surface area contributed by atoms with Crippen LogP contribution in [0.4, 0.5) is 0 Å². The molecule has 1 saturated carbocycles. The number of hydrogen-bond acceptors (Lipinski definition) is 2. The van der Waals surface area contributed by atoms with Crippen molar-refractivity contribution < 1.29 is 4.79 Å². The predicted molar refractivity (Wildman–Crippen MR) is 85.2 cm³/mol. The van der Waals surface area contributed by atoms with Crippen LogP contribution in [0.3, 0.4) is 0 Å². The fourth-order valence-electron chi connectivity index (χ4n) is 3.08. The number of likely N-dealkylation sites (tertiary alicyclic amines) is 1. The van der Waals surface area contributed by atoms with Crippen molar-refractivity contribution in [1.82, 2.24) is 10.2 Å². The van der Waals surface area contributed by atoms with E-state index in [1.165, 1.54) is 5.56 Å². The summed E-state index contributed by atoms with van der Waals surface area (Å²) in [5, 5.41) is 4.01. The van der Waals surface area contributed by atoms with Gasteiger partial charge in [0.15, 0.2) is 0 Å². The first kappa shape index (κ1) is 14.9. The summed E-state index contributed by atoms with van der Waals surface area (Å²) in [6.45, 7) is 5.22. The number of hydrogen-bond donors (Lipinski definition) is 1. The van der Waals surface area contributed by atoms with Crippen LogP contribution in [-0.4, -0.2) is 29.9 Å². The summed E-state index contributed by atoms with van der Waals surface area (Å²) in [7, 11) is 0. The first-order valence-corrected chi connectivity index (χ1v) is 8.27. The van der Waals surface area contributed by atoms with Crippen molar-refractivity contribution >= 4 is 17.5 Å². The molecule has 1 amide bonds. The van der Waals surface area contributed by atoms with E-state index in [2.05, 4.69) is 29.3 Å². The van der Waals surface area contributed by atoms with E-state index in [1.54, 1.807) is 0 Å². The second-order valence-corrected chi connectivity index (χ2v) is 6.94. The van der Waals surface area contributed by atoms with Crippen LogP contribution in [0.15, 0.2) is 24.3 Å². The lowest BCUT2D eigenvalue weighted by Crippen LogP contribution is -2.44. The number of halogens is 1. The van der Waals surface area contributed by atoms with Gasteiger partial charge in [-0.2, -0.15) is 0 Å². The highest BCUT2D eigenvalue weighted by Gasteiger charge is 2.39. The molecular formula is C17H23ClN2O. The number of benzene rings is 1. The van der Waals surface area contributed by atoms with Crippen molar-refractivity contribution in [2.24, 2.45) is 11.8 Å². The molecule has 1 aliphatic carbocycles. The molecule has 2 atom stereocenters. The second kappa shape index (κ2) is 6.37. The fraction of sp³-hybridized carbons (Fsp3) is 0.588. The minimum Gasteiger partial charge on any atom is -0.353 e. The number of piperidine rings is 1. The van der Waals surface area contributed by atoms with Crippen LogP contribution in [0.2, 0.25) is 5.02 Å². The standard InChI is InChI=1S/C17H23ClN2O/c1-12-10-16(12)17(21)19-15-6-8-20(9-7-15)11-13-2-4-14(18)5-3-13/h2-5,12,15-16H,6-11H2,1H3,(H,19,21). The van der Waals surface area contributed by atoms with Crippen molar-refractivity contribution in [3.8, 4) is 0 Å². The average molecular weight is 307 g/mol. The topological polar surface area (TPSA) is 32.3 Å². The van der Waals surface area contributed by atoms with E-state index >= 15 is 0 Å². The SMILES string of the molecule is CC1CC1C(=O)NC1CCN(Cc2ccc(Cl)cc2)CC1. The van der Waals surface area contributed by atoms with E-state index in [0.717, 1.165) is 43.9 Å². The highest BCUT2D eigenvalue weighted by molar-refractivity contribution is 6.30. The normalized spacial score (nSPS) is 26.6. The minimum absolute atomic E-state index is 0.277. The van der Waals surface area contributed by atoms with E-state index in [1.807, 2.05) is 12.1 Å². The van der Waals surface area contributed by atoms with Gasteiger partial charge in [0, 0.05) is 36.6 Å². The van der Waals surface area contributed by atoms with Gasteiger partial charge in [-0.15, -0.1) is 0 Å². The molecule has 1 aromatic rings. The lowest BCUT2D eigenvalue weighted by molar-refractivity contribution is -0.123. The molecule has 21 heavy (non-hydrogen) atoms. The molecule has 1 saturated heterocycles. The number of nitrogens with one attached hydrogen (secondary N) is 1. The van der Waals surface area contributed by atoms with Crippen LogP contribution in [0, 0.1) is 11.8 Å². The summed E-state index contributed by atoms with van der Waals surface area (Å²) in [4.78, 5) is 14.4. The number of carbonyl (C=O) groups is 1. The van der Waals surface area contributed by atoms with Gasteiger partial charge in [0.25, 0.3) is 0 Å². The molecule has 2 unspecified atom stereocenters. The molecular weight excluding hydrogens is 284 g/mol. The molecule has 0 radical (unpaired) electrons. The molecule has 3 nitrogen and oxygen atoms in total. The Labute approximate surface area is 131 Å². The van der Waals surface area contributed by atoms with Gasteiger partial charge in [-0.3, -0.25) is 9.69 Å². The molecule has 3 rings (SSSR count). The number of carbonyl (C=O) groups excluding carboxylic acids is 1. The maximum absolute atomic E-state index is 12.0. The zero-order chi connectivity index (χ0) is 14.8. The van der Waals surface area contributed by atoms with Crippen molar-refractivity contribution in [3.63, 3.8) is 0 Å². The first-order chi connectivity index (χ1) is 10.1. The van der Waals surface area contributed by atoms with Crippen LogP contribution in [0.5, 0.6) is 0 Å². The van der Waals surface area contributed by atoms with Crippen molar-refractivity contribution in [2.75, 3.05) is 13.1 Å². The summed E-state index contributed by atoms with van der Waals surface area (Å²) in [5.41, 5.74) is 1.30. The molecule has 1 N–H and O–H groups in total. The van der Waals surface area contributed by atoms with Gasteiger partial charge in [-0.25, -0.2) is 0 Å². The summed E-state index contributed by atoms with van der Waals surface area (Å²) in [6.07, 6.45) is 3.18. The molecule has 0 bridgehead atoms. The maximum atomic E-state index is 12.0. The third kappa shape index (κ3) is 3.98. The van der Waals surface area contributed by atoms with Crippen LogP contribution in [-0.2, 0) is 11.3 Å². The first-order valence-electron chi connectivity index (χ1n) is 7.89. The smallest absolute Gasteiger partial charge is 0.223 e. The highest BCUT2D eigenvalue weighted by atomic mass is 35.5. The van der Waals surface area contributed by atoms with Crippen LogP contribution < -0.4 is 5.32 Å². The van der Waals surface area contributed by atoms with Crippen LogP contribution in [0.1, 0.15) is 31.7 Å². The summed E-state index contributed by atoms with van der Waals surface area (Å²) >= 11 is 5.91. The molecule has 1 aliphatic heterocycles. The Morgan fingerprint density at radius 1 is 1.29 bits per heavy atom. The van der Waals surface area contributed by atoms with Gasteiger partial charge in [0.05, 0.1) is 0 Å². The Kier molecular flexibility index (Phi) is 4.51. The molecule has 0 spiro atoms. The molecule has 0 aromatic heterocycles. The summed E-state index contributed by atoms with van der Waals surface area (Å²) in [6, 6.07) is 8.43. The largest absolute Gasteiger partial charge is 0.353 e. The van der Waals surface area contributed by atoms with Crippen LogP contribution in [0.25, 0.3) is 0 Å². The van der Waals surface area contributed by atoms with Gasteiger partial charge < -0.3 is 5.32 Å². The van der Waals surface area contributed by atoms with E-state index in [-0.39, 0.29) is 11.8 Å². The summed E-state index contributed by atoms with van der Waals surface area (Å²) in [5.74, 6) is 1.16. The van der Waals surface area contributed by atoms with Gasteiger partial charge in [-0.05, 0) is 42.9 Å². The molecule has 114 valence electrons. The lowest BCUT2D eigenvalue weighted by atomic mass is 10.0. The van der Waals surface area contributed by atoms with E-state index in [4.69, 9.17) is 11.6 Å². The van der Waals surface area contributed by atoms with Gasteiger partial charge in [0.2, 0.25) is 5.91 Å². The van der Waals surface area contributed by atoms with E-state index in [0.29, 0.717) is 12.0 Å². The van der Waals surface area contributed by atoms with E-state index < -0.39 is 0 Å². The fourth-order valence-corrected chi connectivity index (χ4v) is 3.21. The minimum atomic E-state index is 0.277. The van der Waals surface area contributed by atoms with Crippen LogP contribution >= 0.6 is 11.6 Å². The monoisotopic (exact) mass is 306 g/mol. The number of nitrogens with zero attached hydrogens (tertiary/aromatic N) is 1. The lowest BCUT2D eigenvalue weighted by Gasteiger charge is -2.32. The Balaban J connectivity index is 1.42. The molecule has 2 aliphatic rings. The van der Waals surface area contributed by atoms with Crippen molar-refractivity contribution in [1.29, 1.82) is 0 Å². The Morgan fingerprint density at radius 2 is 1.90 bits per heavy atom. The highest BCUT2D eigenvalue weighted by Crippen LogP contribution is 2.37. The molecule has 4 heteroatoms. The van der Waals surface area contributed by atoms with Crippen molar-refractivity contribution in [3.05, 3.63) is 34.9 Å². The van der Waals surface area contributed by atoms with Gasteiger partial charge in [0.1, 0.15) is 0 Å². The van der Waals surface area contributed by atoms with E-state index in [9.17, 15) is 4.79 Å². The Bertz CT molecular complexity index is 494. The zero-order valence-corrected chi connectivity index (χ0v) is 13.3. The Hall–Kier alpha value is -1.06. The Morgan fingerprint density at radius 3 is 2.48 bits per heavy atom. The third-order valence-electron chi connectivity index (χ3n) is 4.70. The summed E-state index contributed by atoms with van der Waals surface area (Å²) < 4.78 is 0. The van der Waals surface area contributed by atoms with Crippen molar-refractivity contribution in [2.45, 2.75) is 38.8 Å². The quantitative estimate of drug-likeness (QED) is 0.927. The van der Waals surface area contributed by atoms with Gasteiger partial charge in [-0.1, -0.05) is 30.7 Å². The molecule has 1 heterocycles.